The molecule has 2 amide bonds. The molecule has 5 nitrogen and oxygen atoms in total. The van der Waals surface area contributed by atoms with E-state index in [1.54, 1.807) is 0 Å². The number of amides is 2. The van der Waals surface area contributed by atoms with Gasteiger partial charge in [0.1, 0.15) is 11.4 Å². The maximum Gasteiger partial charge on any atom is 0.282 e. The van der Waals surface area contributed by atoms with Gasteiger partial charge < -0.3 is 9.64 Å². The molecule has 2 heterocycles. The molecule has 0 unspecified atom stereocenters. The molecule has 5 rings (SSSR count). The van der Waals surface area contributed by atoms with Crippen LogP contribution in [0.4, 0.5) is 11.4 Å². The predicted octanol–water partition coefficient (Wildman–Crippen LogP) is 5.05. The number of carbonyl (C=O) groups is 2. The van der Waals surface area contributed by atoms with Crippen molar-refractivity contribution in [1.82, 2.24) is 0 Å². The maximum atomic E-state index is 13.9. The molecule has 5 heteroatoms. The minimum Gasteiger partial charge on any atom is -0.494 e. The van der Waals surface area contributed by atoms with Crippen LogP contribution in [0.1, 0.15) is 29.2 Å². The van der Waals surface area contributed by atoms with Gasteiger partial charge in [-0.3, -0.25) is 9.59 Å². The number of para-hydroxylation sites is 1. The molecule has 0 saturated heterocycles. The SMILES string of the molecule is CCOc1ccc(C2=C(N3CCc4ccccc43)C(=O)N(c3cc(C)cc(C)c3)C2=O)cc1. The molecule has 0 fully saturated rings. The Bertz CT molecular complexity index is 1270. The van der Waals surface area contributed by atoms with E-state index in [2.05, 4.69) is 6.07 Å². The lowest BCUT2D eigenvalue weighted by Crippen LogP contribution is -2.35. The molecule has 2 aliphatic rings. The summed E-state index contributed by atoms with van der Waals surface area (Å²) >= 11 is 0. The first-order valence-corrected chi connectivity index (χ1v) is 11.3. The first-order chi connectivity index (χ1) is 16.0. The van der Waals surface area contributed by atoms with Crippen molar-refractivity contribution in [2.45, 2.75) is 27.2 Å². The third-order valence-corrected chi connectivity index (χ3v) is 6.14. The summed E-state index contributed by atoms with van der Waals surface area (Å²) in [5.41, 5.74) is 6.37. The minimum atomic E-state index is -0.298. The summed E-state index contributed by atoms with van der Waals surface area (Å²) in [5, 5.41) is 0. The molecule has 3 aromatic rings. The molecule has 0 bridgehead atoms. The van der Waals surface area contributed by atoms with Crippen LogP contribution < -0.4 is 14.5 Å². The van der Waals surface area contributed by atoms with Gasteiger partial charge in [0.15, 0.2) is 0 Å². The van der Waals surface area contributed by atoms with Crippen LogP contribution in [0.5, 0.6) is 5.75 Å². The molecule has 0 aromatic heterocycles. The zero-order valence-electron chi connectivity index (χ0n) is 19.1. The fourth-order valence-electron chi connectivity index (χ4n) is 4.80. The maximum absolute atomic E-state index is 13.9. The number of anilines is 2. The van der Waals surface area contributed by atoms with Crippen LogP contribution in [-0.2, 0) is 16.0 Å². The fourth-order valence-corrected chi connectivity index (χ4v) is 4.80. The van der Waals surface area contributed by atoms with Gasteiger partial charge in [-0.25, -0.2) is 4.90 Å². The summed E-state index contributed by atoms with van der Waals surface area (Å²) in [4.78, 5) is 31.0. The summed E-state index contributed by atoms with van der Waals surface area (Å²) in [6.45, 7) is 7.10. The zero-order valence-corrected chi connectivity index (χ0v) is 19.1. The van der Waals surface area contributed by atoms with Gasteiger partial charge in [0.05, 0.1) is 17.9 Å². The van der Waals surface area contributed by atoms with Crippen molar-refractivity contribution >= 4 is 28.8 Å². The number of hydrogen-bond donors (Lipinski definition) is 0. The summed E-state index contributed by atoms with van der Waals surface area (Å²) in [7, 11) is 0. The van der Waals surface area contributed by atoms with E-state index in [0.29, 0.717) is 35.7 Å². The Hall–Kier alpha value is -3.86. The van der Waals surface area contributed by atoms with Gasteiger partial charge in [-0.05, 0) is 79.8 Å². The molecule has 0 spiro atoms. The van der Waals surface area contributed by atoms with E-state index in [1.165, 1.54) is 10.5 Å². The lowest BCUT2D eigenvalue weighted by molar-refractivity contribution is -0.120. The molecular weight excluding hydrogens is 412 g/mol. The summed E-state index contributed by atoms with van der Waals surface area (Å²) in [6, 6.07) is 21.3. The van der Waals surface area contributed by atoms with Gasteiger partial charge in [0.2, 0.25) is 0 Å². The lowest BCUT2D eigenvalue weighted by atomic mass is 10.0. The Morgan fingerprint density at radius 2 is 1.58 bits per heavy atom. The highest BCUT2D eigenvalue weighted by atomic mass is 16.5. The number of aryl methyl sites for hydroxylation is 2. The van der Waals surface area contributed by atoms with Crippen molar-refractivity contribution in [2.75, 3.05) is 23.0 Å². The van der Waals surface area contributed by atoms with Gasteiger partial charge in [-0.1, -0.05) is 36.4 Å². The minimum absolute atomic E-state index is 0.286. The van der Waals surface area contributed by atoms with E-state index >= 15 is 0 Å². The average Bonchev–Trinajstić information content (AvgIpc) is 3.32. The molecule has 0 atom stereocenters. The van der Waals surface area contributed by atoms with Gasteiger partial charge in [-0.15, -0.1) is 0 Å². The van der Waals surface area contributed by atoms with E-state index in [9.17, 15) is 9.59 Å². The molecule has 3 aromatic carbocycles. The third-order valence-electron chi connectivity index (χ3n) is 6.14. The van der Waals surface area contributed by atoms with Crippen LogP contribution in [0.15, 0.2) is 72.4 Å². The van der Waals surface area contributed by atoms with Crippen molar-refractivity contribution in [2.24, 2.45) is 0 Å². The second-order valence-corrected chi connectivity index (χ2v) is 8.50. The van der Waals surface area contributed by atoms with Gasteiger partial charge in [0, 0.05) is 12.2 Å². The highest BCUT2D eigenvalue weighted by Gasteiger charge is 2.44. The quantitative estimate of drug-likeness (QED) is 0.523. The Labute approximate surface area is 193 Å². The number of fused-ring (bicyclic) bond motifs is 1. The monoisotopic (exact) mass is 438 g/mol. The number of ether oxygens (including phenoxy) is 1. The molecule has 166 valence electrons. The van der Waals surface area contributed by atoms with E-state index in [4.69, 9.17) is 4.74 Å². The Balaban J connectivity index is 1.66. The summed E-state index contributed by atoms with van der Waals surface area (Å²) < 4.78 is 5.57. The average molecular weight is 439 g/mol. The second kappa shape index (κ2) is 8.24. The largest absolute Gasteiger partial charge is 0.494 e. The molecular formula is C28H26N2O3. The number of hydrogen-bond acceptors (Lipinski definition) is 4. The molecule has 0 saturated carbocycles. The summed E-state index contributed by atoms with van der Waals surface area (Å²) in [6.07, 6.45) is 0.835. The molecule has 2 aliphatic heterocycles. The fraction of sp³-hybridized carbons (Fsp3) is 0.214. The molecule has 0 radical (unpaired) electrons. The van der Waals surface area contributed by atoms with Gasteiger partial charge >= 0.3 is 0 Å². The van der Waals surface area contributed by atoms with Gasteiger partial charge in [-0.2, -0.15) is 0 Å². The molecule has 33 heavy (non-hydrogen) atoms. The van der Waals surface area contributed by atoms with Crippen molar-refractivity contribution in [3.05, 3.63) is 94.7 Å². The summed E-state index contributed by atoms with van der Waals surface area (Å²) in [5.74, 6) is 0.150. The predicted molar refractivity (Wildman–Crippen MR) is 130 cm³/mol. The van der Waals surface area contributed by atoms with Crippen molar-refractivity contribution in [3.8, 4) is 5.75 Å². The van der Waals surface area contributed by atoms with E-state index < -0.39 is 0 Å². The highest BCUT2D eigenvalue weighted by Crippen LogP contribution is 2.40. The Kier molecular flexibility index (Phi) is 5.25. The number of imide groups is 1. The normalized spacial score (nSPS) is 15.5. The number of carbonyl (C=O) groups excluding carboxylic acids is 2. The smallest absolute Gasteiger partial charge is 0.282 e. The van der Waals surface area contributed by atoms with Crippen molar-refractivity contribution in [1.29, 1.82) is 0 Å². The van der Waals surface area contributed by atoms with E-state index in [0.717, 1.165) is 29.0 Å². The first kappa shape index (κ1) is 21.0. The van der Waals surface area contributed by atoms with Crippen LogP contribution in [0.25, 0.3) is 5.57 Å². The van der Waals surface area contributed by atoms with Crippen LogP contribution in [0.2, 0.25) is 0 Å². The number of nitrogens with zero attached hydrogens (tertiary/aromatic N) is 2. The van der Waals surface area contributed by atoms with E-state index in [-0.39, 0.29) is 11.8 Å². The Morgan fingerprint density at radius 1 is 0.879 bits per heavy atom. The lowest BCUT2D eigenvalue weighted by Gasteiger charge is -2.22. The number of rotatable bonds is 5. The van der Waals surface area contributed by atoms with Crippen molar-refractivity contribution < 1.29 is 14.3 Å². The Morgan fingerprint density at radius 3 is 2.27 bits per heavy atom. The third kappa shape index (κ3) is 3.59. The molecule has 0 aliphatic carbocycles. The van der Waals surface area contributed by atoms with Crippen LogP contribution in [0, 0.1) is 13.8 Å². The van der Waals surface area contributed by atoms with E-state index in [1.807, 2.05) is 86.3 Å². The second-order valence-electron chi connectivity index (χ2n) is 8.50. The van der Waals surface area contributed by atoms with Crippen LogP contribution in [0.3, 0.4) is 0 Å². The standard InChI is InChI=1S/C28H26N2O3/c1-4-33-23-11-9-21(10-12-23)25-26(29-14-13-20-7-5-6-8-24(20)29)28(32)30(27(25)31)22-16-18(2)15-19(3)17-22/h5-12,15-17H,4,13-14H2,1-3H3. The van der Waals surface area contributed by atoms with Gasteiger partial charge in [0.25, 0.3) is 11.8 Å². The molecule has 0 N–H and O–H groups in total. The number of benzene rings is 3. The van der Waals surface area contributed by atoms with Crippen molar-refractivity contribution in [3.63, 3.8) is 0 Å². The zero-order chi connectivity index (χ0) is 23.1. The highest BCUT2D eigenvalue weighted by molar-refractivity contribution is 6.46. The van der Waals surface area contributed by atoms with Crippen LogP contribution >= 0.6 is 0 Å². The topological polar surface area (TPSA) is 49.9 Å². The van der Waals surface area contributed by atoms with Crippen LogP contribution in [-0.4, -0.2) is 25.0 Å². The first-order valence-electron chi connectivity index (χ1n) is 11.3.